The first-order valence-corrected chi connectivity index (χ1v) is 4.02. The molecule has 0 aromatic carbocycles. The number of hydrogen-bond donors (Lipinski definition) is 1. The lowest BCUT2D eigenvalue weighted by atomic mass is 10.1. The lowest BCUT2D eigenvalue weighted by Gasteiger charge is -2.12. The maximum absolute atomic E-state index is 3.72. The zero-order chi connectivity index (χ0) is 7.61. The van der Waals surface area contributed by atoms with Crippen LogP contribution in [0, 0.1) is 5.41 Å². The molecule has 0 spiro atoms. The zero-order valence-corrected chi connectivity index (χ0v) is 6.98. The average Bonchev–Trinajstić information content (AvgIpc) is 2.64. The normalized spacial score (nSPS) is 23.8. The van der Waals surface area contributed by atoms with Gasteiger partial charge in [-0.2, -0.15) is 0 Å². The molecule has 0 heterocycles. The van der Waals surface area contributed by atoms with Gasteiger partial charge < -0.3 is 5.32 Å². The van der Waals surface area contributed by atoms with Crippen LogP contribution in [0.1, 0.15) is 26.7 Å². The summed E-state index contributed by atoms with van der Waals surface area (Å²) in [6.45, 7) is 9.34. The average molecular weight is 139 g/mol. The third-order valence-corrected chi connectivity index (χ3v) is 2.31. The van der Waals surface area contributed by atoms with Crippen molar-refractivity contribution in [1.29, 1.82) is 0 Å². The molecule has 1 rings (SSSR count). The van der Waals surface area contributed by atoms with Crippen LogP contribution in [0.4, 0.5) is 0 Å². The van der Waals surface area contributed by atoms with Crippen molar-refractivity contribution in [3.8, 4) is 0 Å². The van der Waals surface area contributed by atoms with E-state index >= 15 is 0 Å². The van der Waals surface area contributed by atoms with E-state index in [9.17, 15) is 0 Å². The van der Waals surface area contributed by atoms with Gasteiger partial charge in [-0.15, -0.1) is 6.58 Å². The van der Waals surface area contributed by atoms with Gasteiger partial charge in [0.2, 0.25) is 0 Å². The number of rotatable bonds is 4. The van der Waals surface area contributed by atoms with E-state index in [2.05, 4.69) is 25.7 Å². The molecule has 1 heteroatoms. The van der Waals surface area contributed by atoms with Gasteiger partial charge in [0.25, 0.3) is 0 Å². The second kappa shape index (κ2) is 2.75. The van der Waals surface area contributed by atoms with Crippen LogP contribution in [-0.4, -0.2) is 12.6 Å². The first-order chi connectivity index (χ1) is 4.66. The highest BCUT2D eigenvalue weighted by Gasteiger charge is 2.36. The fraction of sp³-hybridized carbons (Fsp3) is 0.778. The van der Waals surface area contributed by atoms with E-state index in [0.717, 1.165) is 6.54 Å². The van der Waals surface area contributed by atoms with Gasteiger partial charge in [-0.1, -0.05) is 13.0 Å². The van der Waals surface area contributed by atoms with Crippen LogP contribution in [0.2, 0.25) is 0 Å². The Bertz CT molecular complexity index is 125. The van der Waals surface area contributed by atoms with Crippen molar-refractivity contribution in [2.45, 2.75) is 32.7 Å². The van der Waals surface area contributed by atoms with Gasteiger partial charge in [0.15, 0.2) is 0 Å². The standard InChI is InChI=1S/C9H17N/c1-4-8(2)10-7-9(3)5-6-9/h4,8,10H,1,5-7H2,2-3H3. The fourth-order valence-corrected chi connectivity index (χ4v) is 0.881. The van der Waals surface area contributed by atoms with Crippen LogP contribution in [-0.2, 0) is 0 Å². The Labute approximate surface area is 63.5 Å². The molecule has 1 saturated carbocycles. The van der Waals surface area contributed by atoms with E-state index in [4.69, 9.17) is 0 Å². The van der Waals surface area contributed by atoms with Gasteiger partial charge >= 0.3 is 0 Å². The minimum absolute atomic E-state index is 0.470. The van der Waals surface area contributed by atoms with Crippen molar-refractivity contribution in [3.05, 3.63) is 12.7 Å². The Morgan fingerprint density at radius 2 is 2.30 bits per heavy atom. The first kappa shape index (κ1) is 7.80. The predicted molar refractivity (Wildman–Crippen MR) is 45.0 cm³/mol. The molecule has 1 aliphatic carbocycles. The van der Waals surface area contributed by atoms with Crippen molar-refractivity contribution < 1.29 is 0 Å². The lowest BCUT2D eigenvalue weighted by Crippen LogP contribution is -2.29. The summed E-state index contributed by atoms with van der Waals surface area (Å²) >= 11 is 0. The molecule has 1 atom stereocenters. The highest BCUT2D eigenvalue weighted by Crippen LogP contribution is 2.44. The van der Waals surface area contributed by atoms with E-state index in [1.54, 1.807) is 0 Å². The molecule has 0 bridgehead atoms. The summed E-state index contributed by atoms with van der Waals surface area (Å²) < 4.78 is 0. The van der Waals surface area contributed by atoms with Crippen molar-refractivity contribution in [2.24, 2.45) is 5.41 Å². The Kier molecular flexibility index (Phi) is 2.14. The quantitative estimate of drug-likeness (QED) is 0.587. The molecule has 0 saturated heterocycles. The molecule has 0 amide bonds. The topological polar surface area (TPSA) is 12.0 Å². The summed E-state index contributed by atoms with van der Waals surface area (Å²) in [7, 11) is 0. The van der Waals surface area contributed by atoms with E-state index in [-0.39, 0.29) is 0 Å². The highest BCUT2D eigenvalue weighted by molar-refractivity contribution is 4.92. The predicted octanol–water partition coefficient (Wildman–Crippen LogP) is 1.95. The molecule has 1 fully saturated rings. The van der Waals surface area contributed by atoms with Crippen LogP contribution in [0.15, 0.2) is 12.7 Å². The monoisotopic (exact) mass is 139 g/mol. The fourth-order valence-electron chi connectivity index (χ4n) is 0.881. The molecule has 58 valence electrons. The van der Waals surface area contributed by atoms with Crippen LogP contribution in [0.3, 0.4) is 0 Å². The molecular weight excluding hydrogens is 122 g/mol. The third kappa shape index (κ3) is 2.14. The van der Waals surface area contributed by atoms with Gasteiger partial charge in [-0.05, 0) is 25.2 Å². The highest BCUT2D eigenvalue weighted by atomic mass is 14.9. The van der Waals surface area contributed by atoms with Crippen LogP contribution < -0.4 is 5.32 Å². The maximum Gasteiger partial charge on any atom is 0.0219 e. The molecule has 1 N–H and O–H groups in total. The summed E-state index contributed by atoms with van der Waals surface area (Å²) in [6.07, 6.45) is 4.74. The first-order valence-electron chi connectivity index (χ1n) is 4.02. The van der Waals surface area contributed by atoms with Gasteiger partial charge in [0, 0.05) is 12.6 Å². The maximum atomic E-state index is 3.72. The summed E-state index contributed by atoms with van der Waals surface area (Å²) in [5.74, 6) is 0. The minimum Gasteiger partial charge on any atom is -0.310 e. The second-order valence-corrected chi connectivity index (χ2v) is 3.72. The molecule has 0 radical (unpaired) electrons. The van der Waals surface area contributed by atoms with E-state index in [1.165, 1.54) is 12.8 Å². The molecule has 1 nitrogen and oxygen atoms in total. The Balaban J connectivity index is 2.10. The molecule has 10 heavy (non-hydrogen) atoms. The molecule has 0 aromatic heterocycles. The summed E-state index contributed by atoms with van der Waals surface area (Å²) in [4.78, 5) is 0. The number of hydrogen-bond acceptors (Lipinski definition) is 1. The smallest absolute Gasteiger partial charge is 0.0219 e. The van der Waals surface area contributed by atoms with E-state index < -0.39 is 0 Å². The van der Waals surface area contributed by atoms with Crippen LogP contribution >= 0.6 is 0 Å². The number of nitrogens with one attached hydrogen (secondary N) is 1. The van der Waals surface area contributed by atoms with Gasteiger partial charge in [-0.3, -0.25) is 0 Å². The van der Waals surface area contributed by atoms with Crippen molar-refractivity contribution in [1.82, 2.24) is 5.32 Å². The van der Waals surface area contributed by atoms with Gasteiger partial charge in [-0.25, -0.2) is 0 Å². The Hall–Kier alpha value is -0.300. The van der Waals surface area contributed by atoms with Crippen LogP contribution in [0.25, 0.3) is 0 Å². The van der Waals surface area contributed by atoms with Crippen molar-refractivity contribution in [3.63, 3.8) is 0 Å². The minimum atomic E-state index is 0.470. The molecule has 1 unspecified atom stereocenters. The SMILES string of the molecule is C=CC(C)NCC1(C)CC1. The van der Waals surface area contributed by atoms with Gasteiger partial charge in [0.1, 0.15) is 0 Å². The molecule has 1 aliphatic rings. The summed E-state index contributed by atoms with van der Waals surface area (Å²) in [5.41, 5.74) is 0.622. The van der Waals surface area contributed by atoms with Crippen molar-refractivity contribution in [2.75, 3.05) is 6.54 Å². The Morgan fingerprint density at radius 1 is 1.70 bits per heavy atom. The largest absolute Gasteiger partial charge is 0.310 e. The van der Waals surface area contributed by atoms with Crippen LogP contribution in [0.5, 0.6) is 0 Å². The lowest BCUT2D eigenvalue weighted by molar-refractivity contribution is 0.481. The molecular formula is C9H17N. The Morgan fingerprint density at radius 3 is 2.70 bits per heavy atom. The molecule has 0 aromatic rings. The zero-order valence-electron chi connectivity index (χ0n) is 6.98. The second-order valence-electron chi connectivity index (χ2n) is 3.72. The van der Waals surface area contributed by atoms with Crippen molar-refractivity contribution >= 4 is 0 Å². The van der Waals surface area contributed by atoms with E-state index in [0.29, 0.717) is 11.5 Å². The molecule has 0 aliphatic heterocycles. The third-order valence-electron chi connectivity index (χ3n) is 2.31. The summed E-state index contributed by atoms with van der Waals surface area (Å²) in [6, 6.07) is 0.470. The summed E-state index contributed by atoms with van der Waals surface area (Å²) in [5, 5.41) is 3.42. The van der Waals surface area contributed by atoms with E-state index in [1.807, 2.05) is 6.08 Å². The van der Waals surface area contributed by atoms with Gasteiger partial charge in [0.05, 0.1) is 0 Å².